The number of nitrogens with one attached hydrogen (secondary N) is 1. The van der Waals surface area contributed by atoms with Gasteiger partial charge < -0.3 is 19.5 Å². The van der Waals surface area contributed by atoms with E-state index in [1.807, 2.05) is 0 Å². The van der Waals surface area contributed by atoms with Crippen LogP contribution in [0.2, 0.25) is 0 Å². The van der Waals surface area contributed by atoms with Gasteiger partial charge in [0.25, 0.3) is 0 Å². The van der Waals surface area contributed by atoms with Crippen LogP contribution >= 0.6 is 11.8 Å². The van der Waals surface area contributed by atoms with Crippen LogP contribution in [0.5, 0.6) is 11.5 Å². The number of hydrogen-bond donors (Lipinski definition) is 1. The molecule has 10 nitrogen and oxygen atoms in total. The number of aromatic nitrogens is 4. The van der Waals surface area contributed by atoms with Crippen LogP contribution in [0.15, 0.2) is 17.3 Å². The average Bonchev–Trinajstić information content (AvgIpc) is 3.41. The van der Waals surface area contributed by atoms with Gasteiger partial charge in [-0.1, -0.05) is 11.8 Å². The van der Waals surface area contributed by atoms with Crippen molar-refractivity contribution in [1.29, 1.82) is 0 Å². The van der Waals surface area contributed by atoms with Crippen molar-refractivity contribution in [3.8, 4) is 11.5 Å². The number of ether oxygens (including phenoxy) is 3. The summed E-state index contributed by atoms with van der Waals surface area (Å²) in [5.74, 6) is 0.622. The van der Waals surface area contributed by atoms with Gasteiger partial charge in [-0.2, -0.15) is 0 Å². The highest BCUT2D eigenvalue weighted by molar-refractivity contribution is 7.99. The summed E-state index contributed by atoms with van der Waals surface area (Å²) in [6.07, 6.45) is 2.11. The highest BCUT2D eigenvalue weighted by Gasteiger charge is 2.22. The van der Waals surface area contributed by atoms with Crippen molar-refractivity contribution in [2.75, 3.05) is 24.5 Å². The summed E-state index contributed by atoms with van der Waals surface area (Å²) >= 11 is 1.22. The summed E-state index contributed by atoms with van der Waals surface area (Å²) in [5, 5.41) is 14.9. The molecule has 0 radical (unpaired) electrons. The summed E-state index contributed by atoms with van der Waals surface area (Å²) in [4.78, 5) is 24.3. The first-order valence-electron chi connectivity index (χ1n) is 8.85. The molecule has 2 aliphatic rings. The van der Waals surface area contributed by atoms with Crippen LogP contribution in [0, 0.1) is 0 Å². The fraction of sp³-hybridized carbons (Fsp3) is 0.471. The summed E-state index contributed by atoms with van der Waals surface area (Å²) in [5.41, 5.74) is 0.757. The number of rotatable bonds is 7. The smallest absolute Gasteiger partial charge is 0.234 e. The van der Waals surface area contributed by atoms with Gasteiger partial charge in [0.2, 0.25) is 17.9 Å². The van der Waals surface area contributed by atoms with Gasteiger partial charge in [0.05, 0.1) is 24.1 Å². The molecule has 3 heterocycles. The Morgan fingerprint density at radius 1 is 1.32 bits per heavy atom. The number of amides is 1. The number of Topliss-reactive ketones (excluding diaryl/α,β-unsaturated/α-hetero) is 1. The number of fused-ring (bicyclic) bond motifs is 1. The fourth-order valence-electron chi connectivity index (χ4n) is 3.05. The molecule has 1 saturated heterocycles. The van der Waals surface area contributed by atoms with Crippen molar-refractivity contribution in [3.63, 3.8) is 0 Å². The summed E-state index contributed by atoms with van der Waals surface area (Å²) in [6.45, 7) is 2.84. The minimum Gasteiger partial charge on any atom is -0.454 e. The van der Waals surface area contributed by atoms with E-state index in [0.717, 1.165) is 19.4 Å². The van der Waals surface area contributed by atoms with Crippen LogP contribution in [-0.2, 0) is 16.1 Å². The van der Waals surface area contributed by atoms with Crippen molar-refractivity contribution in [1.82, 2.24) is 20.2 Å². The zero-order valence-electron chi connectivity index (χ0n) is 15.2. The largest absolute Gasteiger partial charge is 0.454 e. The molecular weight excluding hydrogens is 386 g/mol. The number of hydrogen-bond acceptors (Lipinski definition) is 9. The Labute approximate surface area is 164 Å². The van der Waals surface area contributed by atoms with E-state index in [4.69, 9.17) is 14.2 Å². The lowest BCUT2D eigenvalue weighted by Crippen LogP contribution is -2.19. The van der Waals surface area contributed by atoms with E-state index >= 15 is 0 Å². The molecule has 1 aromatic heterocycles. The molecule has 2 aromatic rings. The molecule has 0 spiro atoms. The van der Waals surface area contributed by atoms with Gasteiger partial charge in [0.1, 0.15) is 0 Å². The van der Waals surface area contributed by atoms with Crippen molar-refractivity contribution < 1.29 is 23.8 Å². The van der Waals surface area contributed by atoms with Gasteiger partial charge in [-0.3, -0.25) is 9.59 Å². The standard InChI is InChI=1S/C17H19N5O5S/c1-10(23)12-5-14-15(27-9-26-14)6-13(12)18-16(24)8-28-17-19-20-21-22(17)7-11-3-2-4-25-11/h5-6,11H,2-4,7-9H2,1H3,(H,18,24)/t11-/m0/s1. The van der Waals surface area contributed by atoms with Gasteiger partial charge in [-0.25, -0.2) is 4.68 Å². The van der Waals surface area contributed by atoms with Crippen molar-refractivity contribution in [2.24, 2.45) is 0 Å². The Hall–Kier alpha value is -2.66. The van der Waals surface area contributed by atoms with Crippen LogP contribution in [0.25, 0.3) is 0 Å². The third-order valence-corrected chi connectivity index (χ3v) is 5.36. The maximum Gasteiger partial charge on any atom is 0.234 e. The molecule has 28 heavy (non-hydrogen) atoms. The Morgan fingerprint density at radius 3 is 2.89 bits per heavy atom. The molecule has 1 N–H and O–H groups in total. The molecule has 1 aromatic carbocycles. The Bertz CT molecular complexity index is 896. The van der Waals surface area contributed by atoms with E-state index < -0.39 is 0 Å². The van der Waals surface area contributed by atoms with Crippen molar-refractivity contribution >= 4 is 29.1 Å². The predicted octanol–water partition coefficient (Wildman–Crippen LogP) is 1.51. The van der Waals surface area contributed by atoms with Crippen LogP contribution in [-0.4, -0.2) is 57.2 Å². The first kappa shape index (κ1) is 18.7. The molecule has 0 aliphatic carbocycles. The average molecular weight is 405 g/mol. The molecule has 1 fully saturated rings. The number of nitrogens with zero attached hydrogens (tertiary/aromatic N) is 4. The first-order valence-corrected chi connectivity index (χ1v) is 9.83. The summed E-state index contributed by atoms with van der Waals surface area (Å²) < 4.78 is 17.9. The highest BCUT2D eigenvalue weighted by Crippen LogP contribution is 2.37. The van der Waals surface area contributed by atoms with Crippen molar-refractivity contribution in [2.45, 2.75) is 37.6 Å². The lowest BCUT2D eigenvalue weighted by molar-refractivity contribution is -0.113. The molecule has 148 valence electrons. The van der Waals surface area contributed by atoms with Gasteiger partial charge >= 0.3 is 0 Å². The number of benzene rings is 1. The van der Waals surface area contributed by atoms with Gasteiger partial charge in [0.15, 0.2) is 17.3 Å². The number of anilines is 1. The van der Waals surface area contributed by atoms with E-state index in [0.29, 0.717) is 34.5 Å². The second-order valence-corrected chi connectivity index (χ2v) is 7.37. The fourth-order valence-corrected chi connectivity index (χ4v) is 3.74. The number of tetrazole rings is 1. The first-order chi connectivity index (χ1) is 13.6. The maximum atomic E-state index is 12.4. The van der Waals surface area contributed by atoms with E-state index in [2.05, 4.69) is 20.8 Å². The molecular formula is C17H19N5O5S. The van der Waals surface area contributed by atoms with E-state index in [-0.39, 0.29) is 30.3 Å². The number of carbonyl (C=O) groups excluding carboxylic acids is 2. The Kier molecular flexibility index (Phi) is 5.44. The topological polar surface area (TPSA) is 117 Å². The van der Waals surface area contributed by atoms with Gasteiger partial charge in [-0.05, 0) is 36.3 Å². The highest BCUT2D eigenvalue weighted by atomic mass is 32.2. The molecule has 0 unspecified atom stereocenters. The quantitative estimate of drug-likeness (QED) is 0.540. The number of thioether (sulfide) groups is 1. The van der Waals surface area contributed by atoms with Crippen LogP contribution in [0.4, 0.5) is 5.69 Å². The lowest BCUT2D eigenvalue weighted by atomic mass is 10.1. The zero-order valence-corrected chi connectivity index (χ0v) is 16.0. The second kappa shape index (κ2) is 8.15. The second-order valence-electron chi connectivity index (χ2n) is 6.42. The number of carbonyl (C=O) groups is 2. The van der Waals surface area contributed by atoms with E-state index in [1.165, 1.54) is 18.7 Å². The normalized spacial score (nSPS) is 17.7. The van der Waals surface area contributed by atoms with Crippen LogP contribution in [0.3, 0.4) is 0 Å². The molecule has 2 aliphatic heterocycles. The summed E-state index contributed by atoms with van der Waals surface area (Å²) in [7, 11) is 0. The van der Waals surface area contributed by atoms with Gasteiger partial charge in [-0.15, -0.1) is 5.10 Å². The third kappa shape index (κ3) is 4.09. The summed E-state index contributed by atoms with van der Waals surface area (Å²) in [6, 6.07) is 3.18. The minimum atomic E-state index is -0.280. The molecule has 0 saturated carbocycles. The molecule has 1 atom stereocenters. The Morgan fingerprint density at radius 2 is 2.14 bits per heavy atom. The molecule has 4 rings (SSSR count). The van der Waals surface area contributed by atoms with Crippen LogP contribution in [0.1, 0.15) is 30.1 Å². The predicted molar refractivity (Wildman–Crippen MR) is 98.7 cm³/mol. The van der Waals surface area contributed by atoms with E-state index in [1.54, 1.807) is 16.8 Å². The van der Waals surface area contributed by atoms with Crippen LogP contribution < -0.4 is 14.8 Å². The maximum absolute atomic E-state index is 12.4. The lowest BCUT2D eigenvalue weighted by Gasteiger charge is -2.11. The van der Waals surface area contributed by atoms with E-state index in [9.17, 15) is 9.59 Å². The minimum absolute atomic E-state index is 0.0906. The molecule has 0 bridgehead atoms. The van der Waals surface area contributed by atoms with Crippen molar-refractivity contribution in [3.05, 3.63) is 17.7 Å². The molecule has 1 amide bonds. The zero-order chi connectivity index (χ0) is 19.5. The SMILES string of the molecule is CC(=O)c1cc2c(cc1NC(=O)CSc1nnnn1C[C@@H]1CCCO1)OCO2. The Balaban J connectivity index is 1.39. The number of ketones is 1. The molecule has 11 heteroatoms. The third-order valence-electron chi connectivity index (χ3n) is 4.40. The monoisotopic (exact) mass is 405 g/mol. The van der Waals surface area contributed by atoms with Gasteiger partial charge in [0, 0.05) is 18.2 Å².